The van der Waals surface area contributed by atoms with Crippen LogP contribution in [0, 0.1) is 0 Å². The van der Waals surface area contributed by atoms with E-state index in [1.807, 2.05) is 0 Å². The maximum Gasteiger partial charge on any atom is 0.112 e. The zero-order valence-electron chi connectivity index (χ0n) is 34.6. The molecule has 0 amide bonds. The molecular weight excluding hydrogens is 629 g/mol. The molecule has 3 rings (SSSR count). The maximum atomic E-state index is 5.18. The number of aryl methyl sites for hydroxylation is 1. The highest BCUT2D eigenvalue weighted by atomic mass is 15.1. The van der Waals surface area contributed by atoms with Gasteiger partial charge in [-0.2, -0.15) is 0 Å². The molecule has 0 aliphatic heterocycles. The number of hydrogen-bond donors (Lipinski definition) is 0. The lowest BCUT2D eigenvalue weighted by molar-refractivity contribution is 0.321. The van der Waals surface area contributed by atoms with E-state index in [4.69, 9.17) is 4.98 Å². The fourth-order valence-electron chi connectivity index (χ4n) is 8.66. The van der Waals surface area contributed by atoms with E-state index < -0.39 is 0 Å². The largest absolute Gasteiger partial charge is 0.335 e. The van der Waals surface area contributed by atoms with Crippen LogP contribution in [0.4, 0.5) is 0 Å². The van der Waals surface area contributed by atoms with Gasteiger partial charge in [0, 0.05) is 30.3 Å². The number of benzene rings is 2. The molecular formula is C50H82N2. The van der Waals surface area contributed by atoms with Crippen LogP contribution < -0.4 is 0 Å². The van der Waals surface area contributed by atoms with E-state index in [9.17, 15) is 0 Å². The van der Waals surface area contributed by atoms with Crippen molar-refractivity contribution < 1.29 is 0 Å². The van der Waals surface area contributed by atoms with Gasteiger partial charge in [0.05, 0.1) is 0 Å². The molecule has 0 radical (unpaired) electrons. The SMILES string of the molecule is CCCCCCCCCCCCCCCCn1ccnc1C(CCCCCCCCCCCCCCC)C(C)(Cc1ccccc1)c1ccccc1. The summed E-state index contributed by atoms with van der Waals surface area (Å²) in [5, 5.41) is 0. The Morgan fingerprint density at radius 3 is 1.37 bits per heavy atom. The normalized spacial score (nSPS) is 13.4. The van der Waals surface area contributed by atoms with Crippen molar-refractivity contribution in [1.82, 2.24) is 9.55 Å². The minimum atomic E-state index is -0.0294. The standard InChI is InChI=1S/C50H82N2/c1-4-6-8-10-12-14-16-18-20-22-24-26-28-36-43-52-44-42-51-49(52)48(41-35-27-25-23-21-19-17-15-13-11-9-7-5-2)50(3,47-39-33-30-34-40-47)45-46-37-31-29-32-38-46/h29-34,37-40,42,44,48H,4-28,35-36,41,43,45H2,1-3H3. The molecule has 3 aromatic rings. The third-order valence-electron chi connectivity index (χ3n) is 12.0. The molecule has 2 aromatic carbocycles. The highest BCUT2D eigenvalue weighted by Gasteiger charge is 2.39. The molecule has 0 saturated carbocycles. The Kier molecular flexibility index (Phi) is 24.6. The quantitative estimate of drug-likeness (QED) is 0.0564. The first kappa shape index (κ1) is 44.0. The zero-order chi connectivity index (χ0) is 36.8. The zero-order valence-corrected chi connectivity index (χ0v) is 34.6. The summed E-state index contributed by atoms with van der Waals surface area (Å²) >= 11 is 0. The van der Waals surface area contributed by atoms with Crippen molar-refractivity contribution in [2.75, 3.05) is 0 Å². The number of unbranched alkanes of at least 4 members (excludes halogenated alkanes) is 25. The topological polar surface area (TPSA) is 17.8 Å². The van der Waals surface area contributed by atoms with Crippen LogP contribution in [0.5, 0.6) is 0 Å². The van der Waals surface area contributed by atoms with Gasteiger partial charge in [0.15, 0.2) is 0 Å². The Labute approximate surface area is 323 Å². The summed E-state index contributed by atoms with van der Waals surface area (Å²) in [6.45, 7) is 8.25. The molecule has 0 aliphatic carbocycles. The lowest BCUT2D eigenvalue weighted by Gasteiger charge is -2.39. The van der Waals surface area contributed by atoms with Crippen LogP contribution in [0.3, 0.4) is 0 Å². The van der Waals surface area contributed by atoms with Gasteiger partial charge in [-0.3, -0.25) is 0 Å². The Hall–Kier alpha value is -2.35. The van der Waals surface area contributed by atoms with Crippen LogP contribution >= 0.6 is 0 Å². The van der Waals surface area contributed by atoms with E-state index in [-0.39, 0.29) is 5.41 Å². The lowest BCUT2D eigenvalue weighted by Crippen LogP contribution is -2.35. The van der Waals surface area contributed by atoms with Gasteiger partial charge < -0.3 is 4.57 Å². The van der Waals surface area contributed by atoms with Crippen LogP contribution in [-0.4, -0.2) is 9.55 Å². The van der Waals surface area contributed by atoms with E-state index in [0.717, 1.165) is 13.0 Å². The molecule has 292 valence electrons. The van der Waals surface area contributed by atoms with Crippen molar-refractivity contribution in [2.24, 2.45) is 0 Å². The van der Waals surface area contributed by atoms with Crippen LogP contribution in [0.15, 0.2) is 73.1 Å². The predicted molar refractivity (Wildman–Crippen MR) is 230 cm³/mol. The van der Waals surface area contributed by atoms with Crippen LogP contribution in [0.1, 0.15) is 223 Å². The van der Waals surface area contributed by atoms with Gasteiger partial charge >= 0.3 is 0 Å². The number of aromatic nitrogens is 2. The molecule has 0 bridgehead atoms. The number of imidazole rings is 1. The Bertz CT molecular complexity index is 1200. The van der Waals surface area contributed by atoms with Crippen molar-refractivity contribution in [2.45, 2.75) is 225 Å². The predicted octanol–water partition coefficient (Wildman–Crippen LogP) is 16.1. The fraction of sp³-hybridized carbons (Fsp3) is 0.700. The maximum absolute atomic E-state index is 5.18. The highest BCUT2D eigenvalue weighted by Crippen LogP contribution is 2.44. The first-order chi connectivity index (χ1) is 25.7. The molecule has 0 N–H and O–H groups in total. The number of rotatable bonds is 34. The summed E-state index contributed by atoms with van der Waals surface area (Å²) in [7, 11) is 0. The smallest absolute Gasteiger partial charge is 0.112 e. The fourth-order valence-corrected chi connectivity index (χ4v) is 8.66. The summed E-state index contributed by atoms with van der Waals surface area (Å²) in [6, 6.07) is 22.6. The van der Waals surface area contributed by atoms with Crippen LogP contribution in [0.2, 0.25) is 0 Å². The van der Waals surface area contributed by atoms with E-state index in [2.05, 4.69) is 98.4 Å². The molecule has 2 atom stereocenters. The average molecular weight is 711 g/mol. The third-order valence-corrected chi connectivity index (χ3v) is 12.0. The highest BCUT2D eigenvalue weighted by molar-refractivity contribution is 5.33. The Morgan fingerprint density at radius 2 is 0.904 bits per heavy atom. The van der Waals surface area contributed by atoms with E-state index in [1.165, 1.54) is 197 Å². The summed E-state index contributed by atoms with van der Waals surface area (Å²) < 4.78 is 2.54. The minimum Gasteiger partial charge on any atom is -0.335 e. The minimum absolute atomic E-state index is 0.0294. The van der Waals surface area contributed by atoms with Gasteiger partial charge in [0.1, 0.15) is 5.82 Å². The van der Waals surface area contributed by atoms with Crippen molar-refractivity contribution >= 4 is 0 Å². The molecule has 52 heavy (non-hydrogen) atoms. The van der Waals surface area contributed by atoms with Crippen LogP contribution in [-0.2, 0) is 18.4 Å². The first-order valence-corrected chi connectivity index (χ1v) is 22.8. The molecule has 0 spiro atoms. The van der Waals surface area contributed by atoms with Crippen molar-refractivity contribution in [3.05, 3.63) is 90.0 Å². The first-order valence-electron chi connectivity index (χ1n) is 22.8. The molecule has 2 nitrogen and oxygen atoms in total. The van der Waals surface area contributed by atoms with Crippen LogP contribution in [0.25, 0.3) is 0 Å². The third kappa shape index (κ3) is 18.1. The second-order valence-electron chi connectivity index (χ2n) is 16.6. The summed E-state index contributed by atoms with van der Waals surface area (Å²) in [6.07, 6.45) is 44.5. The van der Waals surface area contributed by atoms with Gasteiger partial charge in [-0.25, -0.2) is 4.98 Å². The van der Waals surface area contributed by atoms with Crippen molar-refractivity contribution in [3.63, 3.8) is 0 Å². The summed E-state index contributed by atoms with van der Waals surface area (Å²) in [4.78, 5) is 5.18. The number of hydrogen-bond acceptors (Lipinski definition) is 1. The number of nitrogens with zero attached hydrogens (tertiary/aromatic N) is 2. The molecule has 0 fully saturated rings. The Balaban J connectivity index is 1.52. The van der Waals surface area contributed by atoms with Gasteiger partial charge in [0.2, 0.25) is 0 Å². The summed E-state index contributed by atoms with van der Waals surface area (Å²) in [5.41, 5.74) is 2.84. The van der Waals surface area contributed by atoms with E-state index in [0.29, 0.717) is 5.92 Å². The molecule has 1 heterocycles. The molecule has 2 unspecified atom stereocenters. The second kappa shape index (κ2) is 29.1. The molecule has 0 saturated heterocycles. The van der Waals surface area contributed by atoms with E-state index in [1.54, 1.807) is 0 Å². The molecule has 0 aliphatic rings. The average Bonchev–Trinajstić information content (AvgIpc) is 3.63. The lowest BCUT2D eigenvalue weighted by atomic mass is 9.66. The van der Waals surface area contributed by atoms with Crippen molar-refractivity contribution in [1.29, 1.82) is 0 Å². The molecule has 1 aromatic heterocycles. The second-order valence-corrected chi connectivity index (χ2v) is 16.6. The van der Waals surface area contributed by atoms with Gasteiger partial charge in [-0.05, 0) is 30.4 Å². The monoisotopic (exact) mass is 711 g/mol. The van der Waals surface area contributed by atoms with Gasteiger partial charge in [0.25, 0.3) is 0 Å². The Morgan fingerprint density at radius 1 is 0.500 bits per heavy atom. The van der Waals surface area contributed by atoms with Gasteiger partial charge in [-0.15, -0.1) is 0 Å². The van der Waals surface area contributed by atoms with E-state index >= 15 is 0 Å². The molecule has 2 heteroatoms. The summed E-state index contributed by atoms with van der Waals surface area (Å²) in [5.74, 6) is 1.69. The van der Waals surface area contributed by atoms with Gasteiger partial charge in [-0.1, -0.05) is 248 Å². The van der Waals surface area contributed by atoms with Crippen molar-refractivity contribution in [3.8, 4) is 0 Å².